The third-order valence-corrected chi connectivity index (χ3v) is 7.79. The minimum absolute atomic E-state index is 0.0902. The van der Waals surface area contributed by atoms with E-state index in [2.05, 4.69) is 0 Å². The van der Waals surface area contributed by atoms with Crippen LogP contribution in [0.1, 0.15) is 24.0 Å². The molecular formula is C24H32N2O6S. The van der Waals surface area contributed by atoms with Crippen molar-refractivity contribution in [3.63, 3.8) is 0 Å². The predicted octanol–water partition coefficient (Wildman–Crippen LogP) is 3.08. The van der Waals surface area contributed by atoms with Crippen LogP contribution in [0.15, 0.2) is 41.3 Å². The maximum atomic E-state index is 13.2. The standard InChI is InChI=1S/C24H32N2O6S/c1-17-8-10-20(11-9-17)33(28,29)26-12-6-7-19(16-26)24(27)25(2)15-18-13-21(30-3)23(32-5)22(14-18)31-4/h8-11,13-14,19H,6-7,12,15-16H2,1-5H3/t19-/m1/s1. The van der Waals surface area contributed by atoms with E-state index in [0.717, 1.165) is 11.1 Å². The minimum Gasteiger partial charge on any atom is -0.493 e. The van der Waals surface area contributed by atoms with Gasteiger partial charge in [-0.2, -0.15) is 4.31 Å². The summed E-state index contributed by atoms with van der Waals surface area (Å²) in [7, 11) is 2.70. The third kappa shape index (κ3) is 5.42. The molecule has 1 aliphatic heterocycles. The second-order valence-electron chi connectivity index (χ2n) is 8.24. The zero-order valence-electron chi connectivity index (χ0n) is 19.8. The van der Waals surface area contributed by atoms with Gasteiger partial charge < -0.3 is 19.1 Å². The van der Waals surface area contributed by atoms with Crippen molar-refractivity contribution in [3.8, 4) is 17.2 Å². The number of benzene rings is 2. The Morgan fingerprint density at radius 2 is 1.67 bits per heavy atom. The third-order valence-electron chi connectivity index (χ3n) is 5.91. The lowest BCUT2D eigenvalue weighted by Crippen LogP contribution is -2.45. The Labute approximate surface area is 196 Å². The molecule has 0 aromatic heterocycles. The second kappa shape index (κ2) is 10.4. The van der Waals surface area contributed by atoms with Gasteiger partial charge in [-0.1, -0.05) is 17.7 Å². The van der Waals surface area contributed by atoms with E-state index in [-0.39, 0.29) is 17.3 Å². The molecule has 1 fully saturated rings. The lowest BCUT2D eigenvalue weighted by Gasteiger charge is -2.33. The van der Waals surface area contributed by atoms with Crippen molar-refractivity contribution in [2.75, 3.05) is 41.5 Å². The number of methoxy groups -OCH3 is 3. The summed E-state index contributed by atoms with van der Waals surface area (Å²) in [6, 6.07) is 10.4. The van der Waals surface area contributed by atoms with E-state index in [1.165, 1.54) is 11.4 Å². The Hall–Kier alpha value is -2.78. The number of nitrogens with zero attached hydrogens (tertiary/aromatic N) is 2. The van der Waals surface area contributed by atoms with Gasteiger partial charge in [-0.05, 0) is 49.6 Å². The Balaban J connectivity index is 1.73. The van der Waals surface area contributed by atoms with Gasteiger partial charge in [-0.3, -0.25) is 4.79 Å². The van der Waals surface area contributed by atoms with Crippen LogP contribution in [0.2, 0.25) is 0 Å². The monoisotopic (exact) mass is 476 g/mol. The molecule has 9 heteroatoms. The van der Waals surface area contributed by atoms with Gasteiger partial charge in [0.1, 0.15) is 0 Å². The van der Waals surface area contributed by atoms with Crippen molar-refractivity contribution in [2.45, 2.75) is 31.2 Å². The van der Waals surface area contributed by atoms with E-state index in [0.29, 0.717) is 43.2 Å². The van der Waals surface area contributed by atoms with Crippen LogP contribution in [0.25, 0.3) is 0 Å². The van der Waals surface area contributed by atoms with E-state index >= 15 is 0 Å². The highest BCUT2D eigenvalue weighted by atomic mass is 32.2. The fraction of sp³-hybridized carbons (Fsp3) is 0.458. The van der Waals surface area contributed by atoms with Gasteiger partial charge in [0.15, 0.2) is 11.5 Å². The average molecular weight is 477 g/mol. The van der Waals surface area contributed by atoms with E-state index in [9.17, 15) is 13.2 Å². The van der Waals surface area contributed by atoms with Crippen molar-refractivity contribution in [1.29, 1.82) is 0 Å². The quantitative estimate of drug-likeness (QED) is 0.582. The summed E-state index contributed by atoms with van der Waals surface area (Å²) in [6.07, 6.45) is 1.29. The Kier molecular flexibility index (Phi) is 7.86. The summed E-state index contributed by atoms with van der Waals surface area (Å²) in [5.41, 5.74) is 1.81. The van der Waals surface area contributed by atoms with Crippen molar-refractivity contribution in [3.05, 3.63) is 47.5 Å². The molecule has 1 atom stereocenters. The Morgan fingerprint density at radius 3 is 2.21 bits per heavy atom. The van der Waals surface area contributed by atoms with Crippen LogP contribution < -0.4 is 14.2 Å². The van der Waals surface area contributed by atoms with Gasteiger partial charge in [0, 0.05) is 26.7 Å². The Morgan fingerprint density at radius 1 is 1.06 bits per heavy atom. The molecule has 1 saturated heterocycles. The first kappa shape index (κ1) is 24.9. The van der Waals surface area contributed by atoms with Crippen LogP contribution in [0.5, 0.6) is 17.2 Å². The minimum atomic E-state index is -3.64. The topological polar surface area (TPSA) is 85.4 Å². The highest BCUT2D eigenvalue weighted by Gasteiger charge is 2.34. The van der Waals surface area contributed by atoms with Crippen molar-refractivity contribution < 1.29 is 27.4 Å². The highest BCUT2D eigenvalue weighted by Crippen LogP contribution is 2.38. The summed E-state index contributed by atoms with van der Waals surface area (Å²) < 4.78 is 43.8. The number of piperidine rings is 1. The predicted molar refractivity (Wildman–Crippen MR) is 125 cm³/mol. The van der Waals surface area contributed by atoms with Crippen LogP contribution in [-0.4, -0.2) is 65.0 Å². The first-order valence-electron chi connectivity index (χ1n) is 10.8. The molecule has 0 unspecified atom stereocenters. The van der Waals surface area contributed by atoms with Crippen LogP contribution in [0, 0.1) is 12.8 Å². The number of ether oxygens (including phenoxy) is 3. The van der Waals surface area contributed by atoms with Gasteiger partial charge in [0.2, 0.25) is 21.7 Å². The molecule has 3 rings (SSSR count). The van der Waals surface area contributed by atoms with E-state index in [1.54, 1.807) is 62.6 Å². The maximum absolute atomic E-state index is 13.2. The molecule has 1 amide bonds. The normalized spacial score (nSPS) is 16.8. The Bertz CT molecular complexity index is 1060. The lowest BCUT2D eigenvalue weighted by atomic mass is 9.98. The molecule has 2 aromatic carbocycles. The molecular weight excluding hydrogens is 444 g/mol. The highest BCUT2D eigenvalue weighted by molar-refractivity contribution is 7.89. The maximum Gasteiger partial charge on any atom is 0.243 e. The number of aryl methyl sites for hydroxylation is 1. The summed E-state index contributed by atoms with van der Waals surface area (Å²) in [5.74, 6) is 1.03. The van der Waals surface area contributed by atoms with Gasteiger partial charge >= 0.3 is 0 Å². The van der Waals surface area contributed by atoms with Crippen LogP contribution in [0.4, 0.5) is 0 Å². The number of carbonyl (C=O) groups is 1. The molecule has 0 aliphatic carbocycles. The first-order valence-corrected chi connectivity index (χ1v) is 12.3. The van der Waals surface area contributed by atoms with Gasteiger partial charge in [-0.25, -0.2) is 8.42 Å². The van der Waals surface area contributed by atoms with E-state index in [4.69, 9.17) is 14.2 Å². The van der Waals surface area contributed by atoms with Crippen LogP contribution in [-0.2, 0) is 21.4 Å². The molecule has 1 aliphatic rings. The smallest absolute Gasteiger partial charge is 0.243 e. The molecule has 180 valence electrons. The summed E-state index contributed by atoms with van der Waals surface area (Å²) in [5, 5.41) is 0. The molecule has 0 radical (unpaired) electrons. The number of rotatable bonds is 8. The number of carbonyl (C=O) groups excluding carboxylic acids is 1. The largest absolute Gasteiger partial charge is 0.493 e. The molecule has 0 bridgehead atoms. The molecule has 2 aromatic rings. The number of hydrogen-bond acceptors (Lipinski definition) is 6. The summed E-state index contributed by atoms with van der Waals surface area (Å²) in [6.45, 7) is 2.83. The summed E-state index contributed by atoms with van der Waals surface area (Å²) >= 11 is 0. The molecule has 0 N–H and O–H groups in total. The van der Waals surface area contributed by atoms with Crippen molar-refractivity contribution in [2.24, 2.45) is 5.92 Å². The molecule has 0 saturated carbocycles. The van der Waals surface area contributed by atoms with Gasteiger partial charge in [0.25, 0.3) is 0 Å². The number of amides is 1. The fourth-order valence-corrected chi connectivity index (χ4v) is 5.64. The molecule has 0 spiro atoms. The first-order chi connectivity index (χ1) is 15.7. The van der Waals surface area contributed by atoms with E-state index < -0.39 is 15.9 Å². The van der Waals surface area contributed by atoms with Gasteiger partial charge in [0.05, 0.1) is 32.1 Å². The zero-order chi connectivity index (χ0) is 24.2. The fourth-order valence-electron chi connectivity index (χ4n) is 4.11. The summed E-state index contributed by atoms with van der Waals surface area (Å²) in [4.78, 5) is 15.1. The van der Waals surface area contributed by atoms with Crippen molar-refractivity contribution in [1.82, 2.24) is 9.21 Å². The molecule has 8 nitrogen and oxygen atoms in total. The molecule has 33 heavy (non-hydrogen) atoms. The van der Waals surface area contributed by atoms with E-state index in [1.807, 2.05) is 6.92 Å². The average Bonchev–Trinajstić information content (AvgIpc) is 2.83. The van der Waals surface area contributed by atoms with Crippen LogP contribution in [0.3, 0.4) is 0 Å². The van der Waals surface area contributed by atoms with Crippen LogP contribution >= 0.6 is 0 Å². The zero-order valence-corrected chi connectivity index (χ0v) is 20.6. The van der Waals surface area contributed by atoms with Gasteiger partial charge in [-0.15, -0.1) is 0 Å². The lowest BCUT2D eigenvalue weighted by molar-refractivity contribution is -0.135. The molecule has 1 heterocycles. The van der Waals surface area contributed by atoms with Crippen molar-refractivity contribution >= 4 is 15.9 Å². The second-order valence-corrected chi connectivity index (χ2v) is 10.2. The SMILES string of the molecule is COc1cc(CN(C)C(=O)[C@@H]2CCCN(S(=O)(=O)c3ccc(C)cc3)C2)cc(OC)c1OC. The number of hydrogen-bond donors (Lipinski definition) is 0. The number of sulfonamides is 1.